The molecule has 0 radical (unpaired) electrons. The molecule has 8 heteroatoms. The zero-order valence-corrected chi connectivity index (χ0v) is 17.7. The number of carbonyl (C=O) groups excluding carboxylic acids is 1. The summed E-state index contributed by atoms with van der Waals surface area (Å²) < 4.78 is 0. The van der Waals surface area contributed by atoms with Gasteiger partial charge >= 0.3 is 0 Å². The molecule has 1 aromatic heterocycles. The van der Waals surface area contributed by atoms with E-state index < -0.39 is 0 Å². The summed E-state index contributed by atoms with van der Waals surface area (Å²) in [4.78, 5) is 24.1. The highest BCUT2D eigenvalue weighted by Crippen LogP contribution is 2.11. The van der Waals surface area contributed by atoms with E-state index in [4.69, 9.17) is 0 Å². The van der Waals surface area contributed by atoms with Gasteiger partial charge in [-0.1, -0.05) is 0 Å². The molecule has 136 valence electrons. The summed E-state index contributed by atoms with van der Waals surface area (Å²) in [5, 5.41) is 7.57. The monoisotopic (exact) mass is 465 g/mol. The standard InChI is InChI=1S/C16H27N5OS.HI/c1-3-17-16(18-8-6-14-20-12-13(2)23-14)19-9-7-15(22)21-10-4-5-11-21;/h12H,3-11H2,1-2H3,(H2,17,18,19);1H. The summed E-state index contributed by atoms with van der Waals surface area (Å²) in [5.41, 5.74) is 0. The predicted octanol–water partition coefficient (Wildman–Crippen LogP) is 2.18. The van der Waals surface area contributed by atoms with Crippen molar-refractivity contribution in [3.05, 3.63) is 16.1 Å². The lowest BCUT2D eigenvalue weighted by atomic mass is 10.3. The van der Waals surface area contributed by atoms with Crippen LogP contribution < -0.4 is 10.6 Å². The number of nitrogens with zero attached hydrogens (tertiary/aromatic N) is 3. The molecule has 0 spiro atoms. The average Bonchev–Trinajstić information content (AvgIpc) is 3.19. The minimum Gasteiger partial charge on any atom is -0.357 e. The summed E-state index contributed by atoms with van der Waals surface area (Å²) in [6.07, 6.45) is 5.55. The number of carbonyl (C=O) groups is 1. The molecule has 0 saturated carbocycles. The Bertz CT molecular complexity index is 528. The number of guanidine groups is 1. The van der Waals surface area contributed by atoms with E-state index >= 15 is 0 Å². The van der Waals surface area contributed by atoms with Crippen molar-refractivity contribution in [2.45, 2.75) is 39.5 Å². The van der Waals surface area contributed by atoms with Gasteiger partial charge in [-0.2, -0.15) is 0 Å². The quantitative estimate of drug-likeness (QED) is 0.368. The second-order valence-corrected chi connectivity index (χ2v) is 6.96. The second-order valence-electron chi connectivity index (χ2n) is 5.64. The third-order valence-electron chi connectivity index (χ3n) is 3.70. The Balaban J connectivity index is 0.00000288. The molecular formula is C16H28IN5OS. The fourth-order valence-corrected chi connectivity index (χ4v) is 3.31. The minimum atomic E-state index is 0. The Morgan fingerprint density at radius 2 is 2.12 bits per heavy atom. The van der Waals surface area contributed by atoms with E-state index in [1.165, 1.54) is 4.88 Å². The van der Waals surface area contributed by atoms with Gasteiger partial charge in [0.15, 0.2) is 5.96 Å². The molecule has 6 nitrogen and oxygen atoms in total. The predicted molar refractivity (Wildman–Crippen MR) is 110 cm³/mol. The number of likely N-dealkylation sites (tertiary alicyclic amines) is 1. The Morgan fingerprint density at radius 1 is 1.38 bits per heavy atom. The van der Waals surface area contributed by atoms with Crippen LogP contribution in [0.5, 0.6) is 0 Å². The first-order valence-electron chi connectivity index (χ1n) is 8.40. The first-order valence-corrected chi connectivity index (χ1v) is 9.22. The Morgan fingerprint density at radius 3 is 2.75 bits per heavy atom. The third kappa shape index (κ3) is 7.33. The molecule has 2 heterocycles. The zero-order valence-electron chi connectivity index (χ0n) is 14.5. The van der Waals surface area contributed by atoms with Crippen LogP contribution in [-0.4, -0.2) is 54.5 Å². The smallest absolute Gasteiger partial charge is 0.224 e. The summed E-state index contributed by atoms with van der Waals surface area (Å²) in [6.45, 7) is 8.06. The zero-order chi connectivity index (χ0) is 16.5. The molecule has 0 aliphatic carbocycles. The summed E-state index contributed by atoms with van der Waals surface area (Å²) in [6, 6.07) is 0. The van der Waals surface area contributed by atoms with Crippen molar-refractivity contribution in [2.24, 2.45) is 4.99 Å². The molecule has 1 aliphatic heterocycles. The van der Waals surface area contributed by atoms with Crippen LogP contribution in [0.25, 0.3) is 0 Å². The summed E-state index contributed by atoms with van der Waals surface area (Å²) >= 11 is 1.72. The van der Waals surface area contributed by atoms with Crippen LogP contribution in [0, 0.1) is 6.92 Å². The number of thiazole rings is 1. The lowest BCUT2D eigenvalue weighted by Gasteiger charge is -2.16. The molecule has 1 amide bonds. The van der Waals surface area contributed by atoms with Crippen molar-refractivity contribution < 1.29 is 4.79 Å². The molecule has 0 atom stereocenters. The van der Waals surface area contributed by atoms with Crippen molar-refractivity contribution in [1.29, 1.82) is 0 Å². The van der Waals surface area contributed by atoms with Gasteiger partial charge in [-0.3, -0.25) is 9.79 Å². The van der Waals surface area contributed by atoms with Gasteiger partial charge in [-0.05, 0) is 26.7 Å². The summed E-state index contributed by atoms with van der Waals surface area (Å²) in [7, 11) is 0. The van der Waals surface area contributed by atoms with Crippen molar-refractivity contribution in [3.8, 4) is 0 Å². The van der Waals surface area contributed by atoms with Crippen LogP contribution >= 0.6 is 35.3 Å². The largest absolute Gasteiger partial charge is 0.357 e. The maximum absolute atomic E-state index is 12.0. The Labute approximate surface area is 165 Å². The van der Waals surface area contributed by atoms with Gasteiger partial charge in [0.1, 0.15) is 0 Å². The van der Waals surface area contributed by atoms with Gasteiger partial charge < -0.3 is 15.5 Å². The molecule has 1 saturated heterocycles. The van der Waals surface area contributed by atoms with Gasteiger partial charge in [0.25, 0.3) is 0 Å². The van der Waals surface area contributed by atoms with E-state index in [2.05, 4.69) is 27.5 Å². The van der Waals surface area contributed by atoms with Crippen LogP contribution in [0.15, 0.2) is 11.2 Å². The highest BCUT2D eigenvalue weighted by Gasteiger charge is 2.17. The molecular weight excluding hydrogens is 437 g/mol. The van der Waals surface area contributed by atoms with Crippen LogP contribution in [0.1, 0.15) is 36.1 Å². The van der Waals surface area contributed by atoms with Gasteiger partial charge in [0, 0.05) is 56.6 Å². The number of rotatable bonds is 7. The van der Waals surface area contributed by atoms with Crippen LogP contribution in [0.2, 0.25) is 0 Å². The molecule has 24 heavy (non-hydrogen) atoms. The SMILES string of the molecule is CCNC(=NCCc1ncc(C)s1)NCCC(=O)N1CCCC1.I. The fraction of sp³-hybridized carbons (Fsp3) is 0.688. The van der Waals surface area contributed by atoms with Gasteiger partial charge in [0.05, 0.1) is 5.01 Å². The Kier molecular flexibility index (Phi) is 10.2. The van der Waals surface area contributed by atoms with Crippen molar-refractivity contribution in [3.63, 3.8) is 0 Å². The molecule has 2 rings (SSSR count). The molecule has 1 aliphatic rings. The average molecular weight is 465 g/mol. The lowest BCUT2D eigenvalue weighted by molar-refractivity contribution is -0.129. The number of aliphatic imine (C=N–C) groups is 1. The van der Waals surface area contributed by atoms with Crippen LogP contribution in [-0.2, 0) is 11.2 Å². The van der Waals surface area contributed by atoms with Crippen LogP contribution in [0.4, 0.5) is 0 Å². The van der Waals surface area contributed by atoms with Gasteiger partial charge in [0.2, 0.25) is 5.91 Å². The number of halogens is 1. The lowest BCUT2D eigenvalue weighted by Crippen LogP contribution is -2.39. The topological polar surface area (TPSA) is 69.6 Å². The molecule has 2 N–H and O–H groups in total. The molecule has 0 aromatic carbocycles. The highest BCUT2D eigenvalue weighted by atomic mass is 127. The maximum Gasteiger partial charge on any atom is 0.224 e. The summed E-state index contributed by atoms with van der Waals surface area (Å²) in [5.74, 6) is 1.01. The molecule has 1 aromatic rings. The highest BCUT2D eigenvalue weighted by molar-refractivity contribution is 14.0. The van der Waals surface area contributed by atoms with E-state index in [9.17, 15) is 4.79 Å². The van der Waals surface area contributed by atoms with Crippen molar-refractivity contribution in [1.82, 2.24) is 20.5 Å². The van der Waals surface area contributed by atoms with E-state index in [1.54, 1.807) is 11.3 Å². The number of nitrogens with one attached hydrogen (secondary N) is 2. The second kappa shape index (κ2) is 11.6. The van der Waals surface area contributed by atoms with Crippen molar-refractivity contribution >= 4 is 47.2 Å². The Hall–Kier alpha value is -0.900. The van der Waals surface area contributed by atoms with E-state index in [0.717, 1.165) is 49.9 Å². The number of aromatic nitrogens is 1. The first kappa shape index (κ1) is 21.1. The first-order chi connectivity index (χ1) is 11.2. The van der Waals surface area contributed by atoms with Gasteiger partial charge in [-0.15, -0.1) is 35.3 Å². The number of hydrogen-bond donors (Lipinski definition) is 2. The number of amides is 1. The number of hydrogen-bond acceptors (Lipinski definition) is 4. The van der Waals surface area contributed by atoms with Crippen LogP contribution in [0.3, 0.4) is 0 Å². The number of aryl methyl sites for hydroxylation is 1. The normalized spacial score (nSPS) is 14.4. The third-order valence-corrected chi connectivity index (χ3v) is 4.67. The van der Waals surface area contributed by atoms with Gasteiger partial charge in [-0.25, -0.2) is 4.98 Å². The van der Waals surface area contributed by atoms with Crippen molar-refractivity contribution in [2.75, 3.05) is 32.7 Å². The van der Waals surface area contributed by atoms with E-state index in [1.807, 2.05) is 18.0 Å². The molecule has 1 fully saturated rings. The van der Waals surface area contributed by atoms with E-state index in [0.29, 0.717) is 19.5 Å². The van der Waals surface area contributed by atoms with E-state index in [-0.39, 0.29) is 29.9 Å². The minimum absolute atomic E-state index is 0. The fourth-order valence-electron chi connectivity index (χ4n) is 2.53. The molecule has 0 unspecified atom stereocenters. The molecule has 0 bridgehead atoms. The maximum atomic E-state index is 12.0.